The number of amides is 3. The fraction of sp³-hybridized carbons (Fsp3) is 0.778. The Morgan fingerprint density at radius 1 is 1.26 bits per heavy atom. The van der Waals surface area contributed by atoms with E-state index in [-0.39, 0.29) is 17.9 Å². The number of carbonyl (C=O) groups excluding carboxylic acids is 2. The standard InChI is InChI=1S/C18H31N3O2/c1-14(2)12-19-18(23)21-10-6-7-15(13-21)11-17(22)20-16-8-4-3-5-9-16/h3-4,14-16H,5-13H2,1-2H3,(H,19,23)(H,20,22). The Bertz CT molecular complexity index is 434. The third-order valence-electron chi connectivity index (χ3n) is 4.58. The lowest BCUT2D eigenvalue weighted by atomic mass is 9.94. The maximum atomic E-state index is 12.2. The van der Waals surface area contributed by atoms with Crippen molar-refractivity contribution in [2.24, 2.45) is 11.8 Å². The van der Waals surface area contributed by atoms with E-state index in [9.17, 15) is 9.59 Å². The van der Waals surface area contributed by atoms with Crippen molar-refractivity contribution in [2.45, 2.75) is 58.4 Å². The summed E-state index contributed by atoms with van der Waals surface area (Å²) in [6, 6.07) is 0.308. The highest BCUT2D eigenvalue weighted by Gasteiger charge is 2.26. The molecule has 1 fully saturated rings. The summed E-state index contributed by atoms with van der Waals surface area (Å²) in [6.07, 6.45) is 9.92. The van der Waals surface area contributed by atoms with Gasteiger partial charge in [0, 0.05) is 32.1 Å². The highest BCUT2D eigenvalue weighted by Crippen LogP contribution is 2.20. The zero-order valence-electron chi connectivity index (χ0n) is 14.5. The summed E-state index contributed by atoms with van der Waals surface area (Å²) in [5.74, 6) is 0.877. The van der Waals surface area contributed by atoms with Crippen LogP contribution in [0.25, 0.3) is 0 Å². The van der Waals surface area contributed by atoms with E-state index in [1.807, 2.05) is 4.90 Å². The van der Waals surface area contributed by atoms with Crippen LogP contribution in [-0.2, 0) is 4.79 Å². The van der Waals surface area contributed by atoms with Crippen LogP contribution in [0.15, 0.2) is 12.2 Å². The maximum absolute atomic E-state index is 12.2. The molecule has 2 aliphatic rings. The molecule has 130 valence electrons. The summed E-state index contributed by atoms with van der Waals surface area (Å²) in [5.41, 5.74) is 0. The maximum Gasteiger partial charge on any atom is 0.317 e. The van der Waals surface area contributed by atoms with Gasteiger partial charge in [-0.05, 0) is 43.9 Å². The first-order valence-electron chi connectivity index (χ1n) is 9.01. The largest absolute Gasteiger partial charge is 0.353 e. The number of nitrogens with zero attached hydrogens (tertiary/aromatic N) is 1. The van der Waals surface area contributed by atoms with Gasteiger partial charge in [-0.25, -0.2) is 4.79 Å². The Kier molecular flexibility index (Phi) is 6.93. The molecule has 0 aromatic rings. The van der Waals surface area contributed by atoms with Gasteiger partial charge in [-0.15, -0.1) is 0 Å². The van der Waals surface area contributed by atoms with Crippen molar-refractivity contribution in [1.29, 1.82) is 0 Å². The molecule has 2 atom stereocenters. The van der Waals surface area contributed by atoms with Crippen LogP contribution in [0.5, 0.6) is 0 Å². The quantitative estimate of drug-likeness (QED) is 0.765. The Balaban J connectivity index is 1.73. The smallest absolute Gasteiger partial charge is 0.317 e. The number of hydrogen-bond acceptors (Lipinski definition) is 2. The van der Waals surface area contributed by atoms with Gasteiger partial charge in [0.25, 0.3) is 0 Å². The minimum Gasteiger partial charge on any atom is -0.353 e. The van der Waals surface area contributed by atoms with Crippen LogP contribution < -0.4 is 10.6 Å². The topological polar surface area (TPSA) is 61.4 Å². The summed E-state index contributed by atoms with van der Waals surface area (Å²) in [6.45, 7) is 6.38. The molecule has 5 heteroatoms. The summed E-state index contributed by atoms with van der Waals surface area (Å²) in [4.78, 5) is 26.2. The molecule has 1 aliphatic carbocycles. The van der Waals surface area contributed by atoms with Gasteiger partial charge < -0.3 is 15.5 Å². The molecule has 0 spiro atoms. The van der Waals surface area contributed by atoms with E-state index in [4.69, 9.17) is 0 Å². The molecule has 0 saturated carbocycles. The molecule has 0 aromatic carbocycles. The highest BCUT2D eigenvalue weighted by atomic mass is 16.2. The molecule has 2 unspecified atom stereocenters. The number of nitrogens with one attached hydrogen (secondary N) is 2. The lowest BCUT2D eigenvalue weighted by Gasteiger charge is -2.33. The van der Waals surface area contributed by atoms with E-state index in [1.54, 1.807) is 0 Å². The van der Waals surface area contributed by atoms with Crippen molar-refractivity contribution < 1.29 is 9.59 Å². The molecule has 3 amide bonds. The van der Waals surface area contributed by atoms with Gasteiger partial charge in [-0.3, -0.25) is 4.79 Å². The van der Waals surface area contributed by atoms with E-state index in [0.717, 1.165) is 38.6 Å². The van der Waals surface area contributed by atoms with Crippen LogP contribution in [0.4, 0.5) is 4.79 Å². The molecule has 2 N–H and O–H groups in total. The first-order chi connectivity index (χ1) is 11.0. The van der Waals surface area contributed by atoms with Crippen LogP contribution in [0.3, 0.4) is 0 Å². The Hall–Kier alpha value is -1.52. The number of piperidine rings is 1. The van der Waals surface area contributed by atoms with Crippen molar-refractivity contribution >= 4 is 11.9 Å². The molecule has 2 rings (SSSR count). The minimum absolute atomic E-state index is 0.0150. The van der Waals surface area contributed by atoms with Crippen molar-refractivity contribution in [3.8, 4) is 0 Å². The van der Waals surface area contributed by atoms with Crippen LogP contribution in [0, 0.1) is 11.8 Å². The van der Waals surface area contributed by atoms with Crippen molar-refractivity contribution in [3.63, 3.8) is 0 Å². The van der Waals surface area contributed by atoms with Crippen LogP contribution in [0.1, 0.15) is 52.4 Å². The highest BCUT2D eigenvalue weighted by molar-refractivity contribution is 5.77. The molecule has 5 nitrogen and oxygen atoms in total. The van der Waals surface area contributed by atoms with Crippen LogP contribution in [-0.4, -0.2) is 42.5 Å². The summed E-state index contributed by atoms with van der Waals surface area (Å²) in [5, 5.41) is 6.11. The molecule has 23 heavy (non-hydrogen) atoms. The average Bonchev–Trinajstić information content (AvgIpc) is 2.53. The number of carbonyl (C=O) groups is 2. The number of likely N-dealkylation sites (tertiary alicyclic amines) is 1. The Morgan fingerprint density at radius 2 is 2.09 bits per heavy atom. The van der Waals surface area contributed by atoms with Crippen molar-refractivity contribution in [3.05, 3.63) is 12.2 Å². The van der Waals surface area contributed by atoms with Crippen LogP contribution >= 0.6 is 0 Å². The summed E-state index contributed by atoms with van der Waals surface area (Å²) < 4.78 is 0. The summed E-state index contributed by atoms with van der Waals surface area (Å²) >= 11 is 0. The first-order valence-corrected chi connectivity index (χ1v) is 9.01. The zero-order chi connectivity index (χ0) is 16.7. The molecule has 0 aromatic heterocycles. The van der Waals surface area contributed by atoms with Crippen molar-refractivity contribution in [2.75, 3.05) is 19.6 Å². The SMILES string of the molecule is CC(C)CNC(=O)N1CCCC(CC(=O)NC2CC=CCC2)C1. The molecular formula is C18H31N3O2. The third kappa shape index (κ3) is 6.24. The number of allylic oxidation sites excluding steroid dienone is 1. The second-order valence-corrected chi connectivity index (χ2v) is 7.29. The van der Waals surface area contributed by atoms with Gasteiger partial charge in [0.05, 0.1) is 0 Å². The zero-order valence-corrected chi connectivity index (χ0v) is 14.5. The predicted octanol–water partition coefficient (Wildman–Crippen LogP) is 2.68. The average molecular weight is 321 g/mol. The second kappa shape index (κ2) is 8.94. The molecule has 0 radical (unpaired) electrons. The number of hydrogen-bond donors (Lipinski definition) is 2. The van der Waals surface area contributed by atoms with Crippen LogP contribution in [0.2, 0.25) is 0 Å². The molecular weight excluding hydrogens is 290 g/mol. The fourth-order valence-corrected chi connectivity index (χ4v) is 3.29. The molecule has 1 aliphatic heterocycles. The van der Waals surface area contributed by atoms with E-state index in [2.05, 4.69) is 36.6 Å². The molecule has 0 bridgehead atoms. The van der Waals surface area contributed by atoms with Gasteiger partial charge in [0.1, 0.15) is 0 Å². The number of rotatable bonds is 5. The molecule has 1 saturated heterocycles. The Labute approximate surface area is 139 Å². The van der Waals surface area contributed by atoms with E-state index < -0.39 is 0 Å². The minimum atomic E-state index is 0.0150. The molecule has 1 heterocycles. The predicted molar refractivity (Wildman–Crippen MR) is 92.1 cm³/mol. The number of urea groups is 1. The van der Waals surface area contributed by atoms with Gasteiger partial charge in [0.2, 0.25) is 5.91 Å². The van der Waals surface area contributed by atoms with Gasteiger partial charge in [-0.1, -0.05) is 26.0 Å². The van der Waals surface area contributed by atoms with Crippen molar-refractivity contribution in [1.82, 2.24) is 15.5 Å². The third-order valence-corrected chi connectivity index (χ3v) is 4.58. The Morgan fingerprint density at radius 3 is 2.78 bits per heavy atom. The summed E-state index contributed by atoms with van der Waals surface area (Å²) in [7, 11) is 0. The first kappa shape index (κ1) is 17.8. The fourth-order valence-electron chi connectivity index (χ4n) is 3.29. The van der Waals surface area contributed by atoms with E-state index in [0.29, 0.717) is 31.5 Å². The lowest BCUT2D eigenvalue weighted by molar-refractivity contribution is -0.123. The van der Waals surface area contributed by atoms with Gasteiger partial charge in [-0.2, -0.15) is 0 Å². The van der Waals surface area contributed by atoms with E-state index >= 15 is 0 Å². The van der Waals surface area contributed by atoms with Gasteiger partial charge >= 0.3 is 6.03 Å². The van der Waals surface area contributed by atoms with E-state index in [1.165, 1.54) is 0 Å². The monoisotopic (exact) mass is 321 g/mol. The normalized spacial score (nSPS) is 24.6. The second-order valence-electron chi connectivity index (χ2n) is 7.29. The lowest BCUT2D eigenvalue weighted by Crippen LogP contribution is -2.47. The van der Waals surface area contributed by atoms with Gasteiger partial charge in [0.15, 0.2) is 0 Å².